The van der Waals surface area contributed by atoms with Crippen LogP contribution in [0.1, 0.15) is 45.6 Å². The summed E-state index contributed by atoms with van der Waals surface area (Å²) in [5.74, 6) is -0.888. The van der Waals surface area contributed by atoms with Crippen molar-refractivity contribution >= 4 is 16.9 Å². The number of aryl methyl sites for hydroxylation is 2. The van der Waals surface area contributed by atoms with Crippen molar-refractivity contribution in [1.82, 2.24) is 9.88 Å². The van der Waals surface area contributed by atoms with Crippen LogP contribution in [0.15, 0.2) is 42.5 Å². The van der Waals surface area contributed by atoms with Gasteiger partial charge in [0.05, 0.1) is 6.10 Å². The number of hydrogen-bond acceptors (Lipinski definition) is 3. The van der Waals surface area contributed by atoms with Crippen LogP contribution in [0.25, 0.3) is 10.9 Å². The fourth-order valence-corrected chi connectivity index (χ4v) is 4.24. The number of nitrogens with zero attached hydrogens (tertiary/aromatic N) is 1. The minimum Gasteiger partial charge on any atom is -0.477 e. The molecule has 152 valence electrons. The number of hydrogen-bond donors (Lipinski definition) is 2. The molecular formula is C24H28N2O3. The molecule has 0 aliphatic carbocycles. The van der Waals surface area contributed by atoms with E-state index >= 15 is 0 Å². The van der Waals surface area contributed by atoms with Gasteiger partial charge in [0.15, 0.2) is 0 Å². The van der Waals surface area contributed by atoms with Gasteiger partial charge in [0.2, 0.25) is 0 Å². The van der Waals surface area contributed by atoms with Crippen LogP contribution < -0.4 is 5.32 Å². The van der Waals surface area contributed by atoms with Gasteiger partial charge in [0, 0.05) is 42.7 Å². The molecule has 5 heteroatoms. The zero-order chi connectivity index (χ0) is 20.4. The molecular weight excluding hydrogens is 364 g/mol. The van der Waals surface area contributed by atoms with Gasteiger partial charge < -0.3 is 19.7 Å². The zero-order valence-corrected chi connectivity index (χ0v) is 17.1. The standard InChI is InChI=1S/C24H28N2O3/c1-16-9-10-20-21(14-25-13-19-8-5-11-29-19)23(24(27)28)26(22(20)12-16)15-18-7-4-3-6-17(18)2/h3-4,6-7,9-10,12,19,25H,5,8,11,13-15H2,1-2H3,(H,27,28). The summed E-state index contributed by atoms with van der Waals surface area (Å²) in [5.41, 5.74) is 5.60. The lowest BCUT2D eigenvalue weighted by Gasteiger charge is -2.13. The minimum absolute atomic E-state index is 0.228. The number of carbonyl (C=O) groups is 1. The Morgan fingerprint density at radius 1 is 1.24 bits per heavy atom. The Balaban J connectivity index is 1.74. The van der Waals surface area contributed by atoms with E-state index in [4.69, 9.17) is 4.74 Å². The van der Waals surface area contributed by atoms with Gasteiger partial charge in [-0.1, -0.05) is 36.4 Å². The van der Waals surface area contributed by atoms with E-state index in [0.29, 0.717) is 18.8 Å². The highest BCUT2D eigenvalue weighted by Gasteiger charge is 2.23. The summed E-state index contributed by atoms with van der Waals surface area (Å²) >= 11 is 0. The highest BCUT2D eigenvalue weighted by atomic mass is 16.5. The van der Waals surface area contributed by atoms with Crippen LogP contribution in [-0.2, 0) is 17.8 Å². The molecule has 4 rings (SSSR count). The number of fused-ring (bicyclic) bond motifs is 1. The first-order valence-electron chi connectivity index (χ1n) is 10.3. The third kappa shape index (κ3) is 4.07. The molecule has 29 heavy (non-hydrogen) atoms. The van der Waals surface area contributed by atoms with Gasteiger partial charge in [-0.25, -0.2) is 4.79 Å². The van der Waals surface area contributed by atoms with E-state index in [0.717, 1.165) is 59.2 Å². The van der Waals surface area contributed by atoms with Gasteiger partial charge in [0.25, 0.3) is 0 Å². The van der Waals surface area contributed by atoms with Gasteiger partial charge in [0.1, 0.15) is 5.69 Å². The molecule has 1 fully saturated rings. The molecule has 0 saturated carbocycles. The first-order chi connectivity index (χ1) is 14.0. The van der Waals surface area contributed by atoms with Crippen molar-refractivity contribution in [2.45, 2.75) is 45.9 Å². The molecule has 0 bridgehead atoms. The van der Waals surface area contributed by atoms with Crippen LogP contribution in [0, 0.1) is 13.8 Å². The Labute approximate surface area is 171 Å². The second-order valence-corrected chi connectivity index (χ2v) is 7.93. The SMILES string of the molecule is Cc1ccc2c(CNCC3CCCO3)c(C(=O)O)n(Cc3ccccc3C)c2c1. The van der Waals surface area contributed by atoms with Crippen molar-refractivity contribution in [3.8, 4) is 0 Å². The maximum Gasteiger partial charge on any atom is 0.352 e. The Bertz CT molecular complexity index is 1030. The molecule has 1 atom stereocenters. The summed E-state index contributed by atoms with van der Waals surface area (Å²) in [5, 5.41) is 14.5. The molecule has 3 aromatic rings. The average Bonchev–Trinajstić information content (AvgIpc) is 3.30. The third-order valence-electron chi connectivity index (χ3n) is 5.81. The molecule has 0 amide bonds. The summed E-state index contributed by atoms with van der Waals surface area (Å²) in [7, 11) is 0. The topological polar surface area (TPSA) is 63.5 Å². The predicted molar refractivity (Wildman–Crippen MR) is 115 cm³/mol. The number of carboxylic acid groups (broad SMARTS) is 1. The highest BCUT2D eigenvalue weighted by Crippen LogP contribution is 2.29. The van der Waals surface area contributed by atoms with Crippen molar-refractivity contribution < 1.29 is 14.6 Å². The van der Waals surface area contributed by atoms with Crippen LogP contribution in [0.4, 0.5) is 0 Å². The molecule has 0 radical (unpaired) electrons. The Morgan fingerprint density at radius 3 is 2.79 bits per heavy atom. The maximum absolute atomic E-state index is 12.3. The van der Waals surface area contributed by atoms with E-state index in [1.54, 1.807) is 0 Å². The van der Waals surface area contributed by atoms with Gasteiger partial charge in [-0.05, 0) is 49.4 Å². The van der Waals surface area contributed by atoms with Crippen molar-refractivity contribution in [2.75, 3.05) is 13.2 Å². The minimum atomic E-state index is -0.888. The highest BCUT2D eigenvalue weighted by molar-refractivity contribution is 5.98. The fourth-order valence-electron chi connectivity index (χ4n) is 4.24. The lowest BCUT2D eigenvalue weighted by atomic mass is 10.1. The van der Waals surface area contributed by atoms with Gasteiger partial charge in [-0.15, -0.1) is 0 Å². The molecule has 1 aliphatic rings. The molecule has 1 saturated heterocycles. The van der Waals surface area contributed by atoms with Gasteiger partial charge >= 0.3 is 5.97 Å². The summed E-state index contributed by atoms with van der Waals surface area (Å²) in [6.45, 7) is 6.73. The number of aromatic carboxylic acids is 1. The molecule has 2 aromatic carbocycles. The number of rotatable bonds is 7. The third-order valence-corrected chi connectivity index (χ3v) is 5.81. The number of benzene rings is 2. The van der Waals surface area contributed by atoms with E-state index in [2.05, 4.69) is 42.6 Å². The van der Waals surface area contributed by atoms with Crippen LogP contribution >= 0.6 is 0 Å². The summed E-state index contributed by atoms with van der Waals surface area (Å²) in [6.07, 6.45) is 2.39. The Hall–Kier alpha value is -2.63. The largest absolute Gasteiger partial charge is 0.477 e. The molecule has 1 aromatic heterocycles. The molecule has 1 aliphatic heterocycles. The first-order valence-corrected chi connectivity index (χ1v) is 10.3. The summed E-state index contributed by atoms with van der Waals surface area (Å²) < 4.78 is 7.64. The average molecular weight is 392 g/mol. The molecule has 5 nitrogen and oxygen atoms in total. The first kappa shape index (κ1) is 19.7. The van der Waals surface area contributed by atoms with Crippen molar-refractivity contribution in [1.29, 1.82) is 0 Å². The second kappa shape index (κ2) is 8.39. The number of carboxylic acids is 1. The summed E-state index contributed by atoms with van der Waals surface area (Å²) in [6, 6.07) is 14.3. The van der Waals surface area contributed by atoms with E-state index < -0.39 is 5.97 Å². The fraction of sp³-hybridized carbons (Fsp3) is 0.375. The Kier molecular flexibility index (Phi) is 5.69. The molecule has 1 unspecified atom stereocenters. The van der Waals surface area contributed by atoms with E-state index in [9.17, 15) is 9.90 Å². The van der Waals surface area contributed by atoms with Crippen molar-refractivity contribution in [3.05, 3.63) is 70.4 Å². The lowest BCUT2D eigenvalue weighted by Crippen LogP contribution is -2.26. The van der Waals surface area contributed by atoms with Crippen LogP contribution in [0.5, 0.6) is 0 Å². The van der Waals surface area contributed by atoms with Crippen molar-refractivity contribution in [2.24, 2.45) is 0 Å². The van der Waals surface area contributed by atoms with Crippen LogP contribution in [-0.4, -0.2) is 34.9 Å². The quantitative estimate of drug-likeness (QED) is 0.630. The van der Waals surface area contributed by atoms with Crippen LogP contribution in [0.2, 0.25) is 0 Å². The van der Waals surface area contributed by atoms with Crippen molar-refractivity contribution in [3.63, 3.8) is 0 Å². The molecule has 0 spiro atoms. The number of ether oxygens (including phenoxy) is 1. The van der Waals surface area contributed by atoms with Gasteiger partial charge in [-0.3, -0.25) is 0 Å². The monoisotopic (exact) mass is 392 g/mol. The zero-order valence-electron chi connectivity index (χ0n) is 17.1. The van der Waals surface area contributed by atoms with E-state index in [-0.39, 0.29) is 6.10 Å². The second-order valence-electron chi connectivity index (χ2n) is 7.93. The van der Waals surface area contributed by atoms with Gasteiger partial charge in [-0.2, -0.15) is 0 Å². The lowest BCUT2D eigenvalue weighted by molar-refractivity contribution is 0.0684. The molecule has 2 N–H and O–H groups in total. The molecule has 2 heterocycles. The van der Waals surface area contributed by atoms with Crippen LogP contribution in [0.3, 0.4) is 0 Å². The van der Waals surface area contributed by atoms with E-state index in [1.807, 2.05) is 23.6 Å². The number of nitrogens with one attached hydrogen (secondary N) is 1. The Morgan fingerprint density at radius 2 is 2.07 bits per heavy atom. The number of aromatic nitrogens is 1. The predicted octanol–water partition coefficient (Wildman–Crippen LogP) is 4.27. The summed E-state index contributed by atoms with van der Waals surface area (Å²) in [4.78, 5) is 12.3. The normalized spacial score (nSPS) is 16.6. The maximum atomic E-state index is 12.3. The van der Waals surface area contributed by atoms with E-state index in [1.165, 1.54) is 0 Å². The smallest absolute Gasteiger partial charge is 0.352 e.